The summed E-state index contributed by atoms with van der Waals surface area (Å²) in [7, 11) is 1.56. The average Bonchev–Trinajstić information content (AvgIpc) is 3.67. The van der Waals surface area contributed by atoms with Crippen molar-refractivity contribution in [3.05, 3.63) is 42.0 Å². The molecule has 0 bridgehead atoms. The molecular formula is C28H36F2N4O3S. The molecule has 2 aromatic rings. The molecule has 2 aromatic carbocycles. The number of alkyl halides is 2. The Morgan fingerprint density at radius 2 is 1.58 bits per heavy atom. The van der Waals surface area contributed by atoms with Crippen molar-refractivity contribution in [3.63, 3.8) is 0 Å². The fourth-order valence-electron chi connectivity index (χ4n) is 5.42. The standard InChI is InChI=1S/C28H36F2N4O3S/c1-37-25-5-3-20(18-24(25)34-14-10-28(29,30)11-15-34)31-26(36)22-4-2-21(32-38-17-16-35)19-23(22)33-12-8-27(6-7-27)9-13-33/h2-5,18-19,32,35H,6-17H2,1H3,(H,31,36). The molecule has 206 valence electrons. The summed E-state index contributed by atoms with van der Waals surface area (Å²) in [6, 6.07) is 11.1. The third-order valence-electron chi connectivity index (χ3n) is 8.02. The van der Waals surface area contributed by atoms with E-state index in [1.807, 2.05) is 23.1 Å². The second-order valence-corrected chi connectivity index (χ2v) is 11.5. The summed E-state index contributed by atoms with van der Waals surface area (Å²) in [4.78, 5) is 17.8. The van der Waals surface area contributed by atoms with E-state index in [4.69, 9.17) is 9.84 Å². The van der Waals surface area contributed by atoms with Gasteiger partial charge < -0.3 is 29.7 Å². The van der Waals surface area contributed by atoms with Crippen LogP contribution in [-0.4, -0.2) is 62.6 Å². The van der Waals surface area contributed by atoms with Gasteiger partial charge in [-0.25, -0.2) is 8.78 Å². The number of amides is 1. The van der Waals surface area contributed by atoms with Crippen LogP contribution >= 0.6 is 11.9 Å². The van der Waals surface area contributed by atoms with Gasteiger partial charge in [0.05, 0.1) is 30.7 Å². The number of nitrogens with zero attached hydrogens (tertiary/aromatic N) is 2. The monoisotopic (exact) mass is 546 g/mol. The first kappa shape index (κ1) is 26.9. The highest BCUT2D eigenvalue weighted by atomic mass is 32.2. The number of piperidine rings is 2. The maximum atomic E-state index is 13.7. The Balaban J connectivity index is 1.36. The first-order valence-corrected chi connectivity index (χ1v) is 14.3. The fraction of sp³-hybridized carbons (Fsp3) is 0.536. The van der Waals surface area contributed by atoms with Crippen molar-refractivity contribution in [1.29, 1.82) is 0 Å². The minimum Gasteiger partial charge on any atom is -0.495 e. The lowest BCUT2D eigenvalue weighted by Crippen LogP contribution is -2.39. The van der Waals surface area contributed by atoms with Crippen LogP contribution in [0.25, 0.3) is 0 Å². The fourth-order valence-corrected chi connectivity index (χ4v) is 5.90. The first-order chi connectivity index (χ1) is 18.3. The van der Waals surface area contributed by atoms with Crippen LogP contribution in [-0.2, 0) is 0 Å². The van der Waals surface area contributed by atoms with Crippen molar-refractivity contribution >= 4 is 40.6 Å². The Labute approximate surface area is 227 Å². The molecule has 3 N–H and O–H groups in total. The maximum absolute atomic E-state index is 13.7. The highest BCUT2D eigenvalue weighted by Gasteiger charge is 2.44. The molecule has 7 nitrogen and oxygen atoms in total. The molecule has 2 heterocycles. The normalized spacial score (nSPS) is 19.8. The molecule has 38 heavy (non-hydrogen) atoms. The third-order valence-corrected chi connectivity index (χ3v) is 8.79. The van der Waals surface area contributed by atoms with E-state index in [2.05, 4.69) is 14.9 Å². The molecule has 1 aliphatic carbocycles. The van der Waals surface area contributed by atoms with Gasteiger partial charge in [0, 0.05) is 56.1 Å². The van der Waals surface area contributed by atoms with E-state index in [1.165, 1.54) is 24.8 Å². The molecule has 3 fully saturated rings. The van der Waals surface area contributed by atoms with Crippen molar-refractivity contribution in [2.75, 3.05) is 65.5 Å². The lowest BCUT2D eigenvalue weighted by molar-refractivity contribution is -0.0221. The van der Waals surface area contributed by atoms with Gasteiger partial charge in [0.2, 0.25) is 0 Å². The summed E-state index contributed by atoms with van der Waals surface area (Å²) in [6.45, 7) is 2.37. The van der Waals surface area contributed by atoms with E-state index in [-0.39, 0.29) is 38.4 Å². The predicted molar refractivity (Wildman–Crippen MR) is 150 cm³/mol. The Morgan fingerprint density at radius 3 is 2.24 bits per heavy atom. The van der Waals surface area contributed by atoms with Gasteiger partial charge >= 0.3 is 0 Å². The molecule has 2 saturated heterocycles. The number of halogens is 2. The van der Waals surface area contributed by atoms with Gasteiger partial charge in [0.1, 0.15) is 5.75 Å². The molecule has 5 rings (SSSR count). The molecular weight excluding hydrogens is 510 g/mol. The average molecular weight is 547 g/mol. The molecule has 1 amide bonds. The van der Waals surface area contributed by atoms with Gasteiger partial charge in [0.15, 0.2) is 0 Å². The van der Waals surface area contributed by atoms with Crippen molar-refractivity contribution < 1.29 is 23.4 Å². The zero-order valence-corrected chi connectivity index (χ0v) is 22.6. The van der Waals surface area contributed by atoms with Gasteiger partial charge in [0.25, 0.3) is 11.8 Å². The van der Waals surface area contributed by atoms with Gasteiger partial charge in [-0.3, -0.25) is 4.79 Å². The second-order valence-electron chi connectivity index (χ2n) is 10.6. The number of hydrogen-bond donors (Lipinski definition) is 3. The number of carbonyl (C=O) groups is 1. The van der Waals surface area contributed by atoms with Crippen LogP contribution in [0.2, 0.25) is 0 Å². The quantitative estimate of drug-likeness (QED) is 0.279. The topological polar surface area (TPSA) is 77.1 Å². The van der Waals surface area contributed by atoms with E-state index >= 15 is 0 Å². The van der Waals surface area contributed by atoms with Crippen LogP contribution in [0.4, 0.5) is 31.5 Å². The highest BCUT2D eigenvalue weighted by molar-refractivity contribution is 8.00. The van der Waals surface area contributed by atoms with Gasteiger partial charge in [-0.05, 0) is 67.5 Å². The molecule has 0 atom stereocenters. The predicted octanol–water partition coefficient (Wildman–Crippen LogP) is 5.62. The molecule has 1 spiro atoms. The molecule has 2 aliphatic heterocycles. The number of ether oxygens (including phenoxy) is 1. The van der Waals surface area contributed by atoms with Crippen molar-refractivity contribution in [2.45, 2.75) is 44.4 Å². The summed E-state index contributed by atoms with van der Waals surface area (Å²) in [6.07, 6.45) is 4.49. The lowest BCUT2D eigenvalue weighted by atomic mass is 9.93. The van der Waals surface area contributed by atoms with Gasteiger partial charge in [-0.1, -0.05) is 11.9 Å². The summed E-state index contributed by atoms with van der Waals surface area (Å²) >= 11 is 1.42. The van der Waals surface area contributed by atoms with E-state index in [1.54, 1.807) is 25.3 Å². The first-order valence-electron chi connectivity index (χ1n) is 13.3. The van der Waals surface area contributed by atoms with Crippen LogP contribution in [0.5, 0.6) is 5.75 Å². The zero-order valence-electron chi connectivity index (χ0n) is 21.8. The summed E-state index contributed by atoms with van der Waals surface area (Å²) in [5, 5.41) is 12.1. The SMILES string of the molecule is COc1ccc(NC(=O)c2ccc(NSCCO)cc2N2CCC3(CC2)CC3)cc1N1CCC(F)(F)CC1. The molecule has 0 radical (unpaired) electrons. The third kappa shape index (κ3) is 6.12. The van der Waals surface area contributed by atoms with Crippen LogP contribution in [0.15, 0.2) is 36.4 Å². The Bertz CT molecular complexity index is 1140. The summed E-state index contributed by atoms with van der Waals surface area (Å²) in [5.41, 5.74) is 4.17. The number of methoxy groups -OCH3 is 1. The van der Waals surface area contributed by atoms with Crippen molar-refractivity contribution in [1.82, 2.24) is 0 Å². The number of nitrogens with one attached hydrogen (secondary N) is 2. The van der Waals surface area contributed by atoms with E-state index < -0.39 is 5.92 Å². The Morgan fingerprint density at radius 1 is 0.947 bits per heavy atom. The van der Waals surface area contributed by atoms with E-state index in [0.717, 1.165) is 37.3 Å². The number of benzene rings is 2. The minimum absolute atomic E-state index is 0.0862. The van der Waals surface area contributed by atoms with Crippen LogP contribution in [0.1, 0.15) is 48.9 Å². The number of carbonyl (C=O) groups excluding carboxylic acids is 1. The molecule has 3 aliphatic rings. The Kier molecular flexibility index (Phi) is 7.90. The van der Waals surface area contributed by atoms with Crippen molar-refractivity contribution in [3.8, 4) is 5.75 Å². The molecule has 0 unspecified atom stereocenters. The maximum Gasteiger partial charge on any atom is 0.257 e. The van der Waals surface area contributed by atoms with Crippen LogP contribution < -0.4 is 24.6 Å². The number of aliphatic hydroxyl groups excluding tert-OH is 1. The van der Waals surface area contributed by atoms with Gasteiger partial charge in [-0.15, -0.1) is 0 Å². The number of hydrogen-bond acceptors (Lipinski definition) is 7. The Hall–Kier alpha value is -2.72. The number of rotatable bonds is 9. The van der Waals surface area contributed by atoms with Gasteiger partial charge in [-0.2, -0.15) is 0 Å². The zero-order chi connectivity index (χ0) is 26.8. The van der Waals surface area contributed by atoms with E-state index in [9.17, 15) is 13.6 Å². The lowest BCUT2D eigenvalue weighted by Gasteiger charge is -2.35. The molecule has 0 aromatic heterocycles. The highest BCUT2D eigenvalue weighted by Crippen LogP contribution is 2.54. The molecule has 1 saturated carbocycles. The second kappa shape index (κ2) is 11.2. The molecule has 10 heteroatoms. The van der Waals surface area contributed by atoms with Crippen LogP contribution in [0, 0.1) is 5.41 Å². The smallest absolute Gasteiger partial charge is 0.257 e. The number of anilines is 4. The van der Waals surface area contributed by atoms with E-state index in [0.29, 0.717) is 33.9 Å². The summed E-state index contributed by atoms with van der Waals surface area (Å²) in [5.74, 6) is -1.70. The summed E-state index contributed by atoms with van der Waals surface area (Å²) < 4.78 is 36.2. The van der Waals surface area contributed by atoms with Crippen molar-refractivity contribution in [2.24, 2.45) is 5.41 Å². The van der Waals surface area contributed by atoms with Crippen LogP contribution in [0.3, 0.4) is 0 Å². The minimum atomic E-state index is -2.64. The number of aliphatic hydroxyl groups is 1. The largest absolute Gasteiger partial charge is 0.495 e.